The quantitative estimate of drug-likeness (QED) is 0.0261. The van der Waals surface area contributed by atoms with Crippen molar-refractivity contribution in [3.8, 4) is 0 Å². The van der Waals surface area contributed by atoms with E-state index >= 15 is 0 Å². The number of ether oxygens (including phenoxy) is 2. The largest absolute Gasteiger partial charge is 0.394 e. The van der Waals surface area contributed by atoms with Crippen molar-refractivity contribution in [2.75, 3.05) is 13.2 Å². The van der Waals surface area contributed by atoms with Gasteiger partial charge in [-0.15, -0.1) is 0 Å². The molecule has 1 rings (SSSR count). The van der Waals surface area contributed by atoms with E-state index in [1.165, 1.54) is 276 Å². The fourth-order valence-electron chi connectivity index (χ4n) is 12.4. The number of allylic oxidation sites excluding steroid dienone is 13. The van der Waals surface area contributed by atoms with E-state index in [-0.39, 0.29) is 12.5 Å². The number of rotatable bonds is 69. The molecule has 7 unspecified atom stereocenters. The van der Waals surface area contributed by atoms with Gasteiger partial charge in [0.1, 0.15) is 24.4 Å². The summed E-state index contributed by atoms with van der Waals surface area (Å²) in [4.78, 5) is 13.2. The van der Waals surface area contributed by atoms with E-state index < -0.39 is 49.5 Å². The minimum absolute atomic E-state index is 0.171. The number of amides is 1. The summed E-state index contributed by atoms with van der Waals surface area (Å²) < 4.78 is 11.3. The molecule has 530 valence electrons. The molecule has 0 bridgehead atoms. The smallest absolute Gasteiger partial charge is 0.220 e. The van der Waals surface area contributed by atoms with Gasteiger partial charge >= 0.3 is 0 Å². The second-order valence-electron chi connectivity index (χ2n) is 27.1. The molecule has 1 heterocycles. The molecule has 1 saturated heterocycles. The Hall–Kier alpha value is -2.63. The van der Waals surface area contributed by atoms with Crippen LogP contribution in [0.1, 0.15) is 373 Å². The average molecular weight is 1280 g/mol. The molecular formula is C82H149NO8. The molecule has 1 aliphatic heterocycles. The Morgan fingerprint density at radius 1 is 0.385 bits per heavy atom. The summed E-state index contributed by atoms with van der Waals surface area (Å²) in [5.41, 5.74) is 0. The number of aliphatic hydroxyl groups is 5. The average Bonchev–Trinajstić information content (AvgIpc) is 1.33. The molecule has 91 heavy (non-hydrogen) atoms. The van der Waals surface area contributed by atoms with Crippen molar-refractivity contribution in [2.24, 2.45) is 0 Å². The van der Waals surface area contributed by atoms with Crippen LogP contribution in [-0.4, -0.2) is 87.5 Å². The minimum Gasteiger partial charge on any atom is -0.394 e. The molecule has 0 spiro atoms. The highest BCUT2D eigenvalue weighted by Gasteiger charge is 2.44. The first kappa shape index (κ1) is 86.4. The number of hydrogen-bond donors (Lipinski definition) is 6. The summed E-state index contributed by atoms with van der Waals surface area (Å²) in [5.74, 6) is -0.171. The second kappa shape index (κ2) is 70.2. The topological polar surface area (TPSA) is 149 Å². The van der Waals surface area contributed by atoms with E-state index in [2.05, 4.69) is 92.1 Å². The maximum atomic E-state index is 13.2. The predicted molar refractivity (Wildman–Crippen MR) is 392 cm³/mol. The summed E-state index contributed by atoms with van der Waals surface area (Å²) >= 11 is 0. The molecule has 0 aliphatic carbocycles. The molecule has 9 nitrogen and oxygen atoms in total. The van der Waals surface area contributed by atoms with Crippen molar-refractivity contribution in [2.45, 2.75) is 416 Å². The van der Waals surface area contributed by atoms with Crippen LogP contribution in [0.2, 0.25) is 0 Å². The normalized spacial score (nSPS) is 18.2. The van der Waals surface area contributed by atoms with Crippen molar-refractivity contribution in [1.29, 1.82) is 0 Å². The van der Waals surface area contributed by atoms with E-state index in [1.54, 1.807) is 6.08 Å². The highest BCUT2D eigenvalue weighted by atomic mass is 16.7. The van der Waals surface area contributed by atoms with E-state index in [4.69, 9.17) is 9.47 Å². The molecule has 0 aromatic heterocycles. The van der Waals surface area contributed by atoms with E-state index in [0.717, 1.165) is 77.0 Å². The maximum Gasteiger partial charge on any atom is 0.220 e. The lowest BCUT2D eigenvalue weighted by atomic mass is 9.99. The monoisotopic (exact) mass is 1280 g/mol. The third-order valence-electron chi connectivity index (χ3n) is 18.5. The fraction of sp³-hybridized carbons (Fsp3) is 0.817. The summed E-state index contributed by atoms with van der Waals surface area (Å²) in [6.07, 6.45) is 94.3. The van der Waals surface area contributed by atoms with Gasteiger partial charge in [-0.1, -0.05) is 381 Å². The summed E-state index contributed by atoms with van der Waals surface area (Å²) in [6, 6.07) is -0.809. The van der Waals surface area contributed by atoms with Crippen molar-refractivity contribution < 1.29 is 39.8 Å². The van der Waals surface area contributed by atoms with Crippen molar-refractivity contribution >= 4 is 5.91 Å². The molecule has 0 saturated carbocycles. The standard InChI is InChI=1S/C82H149NO8/c1-3-5-7-9-11-13-15-17-19-21-23-25-27-29-31-33-34-35-36-37-38-39-40-41-42-44-46-48-50-52-54-56-58-60-62-64-66-68-70-72-78(86)83-75(74-90-82-81(89)80(88)79(87)77(73-84)91-82)76(85)71-69-67-65-63-61-59-57-55-53-51-49-47-45-43-32-30-28-26-24-22-20-18-16-14-12-10-8-6-4-2/h5,7,11,13,17,19,23,25,29,31,34-35,69,71,75-77,79-82,84-85,87-89H,3-4,6,8-10,12,14-16,18,20-22,24,26-28,30,32-33,36-68,70,72-74H2,1-2H3,(H,83,86)/b7-5-,13-11-,19-17-,25-23-,31-29-,35-34-,71-69+. The lowest BCUT2D eigenvalue weighted by Crippen LogP contribution is -2.60. The molecule has 1 fully saturated rings. The van der Waals surface area contributed by atoms with Crippen molar-refractivity contribution in [3.05, 3.63) is 85.1 Å². The van der Waals surface area contributed by atoms with Crippen LogP contribution in [0.15, 0.2) is 85.1 Å². The third kappa shape index (κ3) is 58.5. The predicted octanol–water partition coefficient (Wildman–Crippen LogP) is 22.4. The number of carbonyl (C=O) groups is 1. The van der Waals surface area contributed by atoms with E-state index in [0.29, 0.717) is 6.42 Å². The molecular weight excluding hydrogens is 1130 g/mol. The van der Waals surface area contributed by atoms with Crippen LogP contribution in [-0.2, 0) is 14.3 Å². The summed E-state index contributed by atoms with van der Waals surface area (Å²) in [7, 11) is 0. The molecule has 1 amide bonds. The van der Waals surface area contributed by atoms with Gasteiger partial charge in [-0.3, -0.25) is 4.79 Å². The van der Waals surface area contributed by atoms with Crippen LogP contribution in [0.5, 0.6) is 0 Å². The van der Waals surface area contributed by atoms with E-state index in [1.807, 2.05) is 6.08 Å². The van der Waals surface area contributed by atoms with Gasteiger partial charge in [0.2, 0.25) is 5.91 Å². The Labute approximate surface area is 562 Å². The molecule has 9 heteroatoms. The number of carbonyl (C=O) groups excluding carboxylic acids is 1. The Balaban J connectivity index is 2.07. The van der Waals surface area contributed by atoms with E-state index in [9.17, 15) is 30.3 Å². The highest BCUT2D eigenvalue weighted by molar-refractivity contribution is 5.76. The zero-order chi connectivity index (χ0) is 65.7. The Bertz CT molecular complexity index is 1720. The molecule has 6 N–H and O–H groups in total. The first-order chi connectivity index (χ1) is 44.8. The number of aliphatic hydroxyl groups excluding tert-OH is 5. The van der Waals surface area contributed by atoms with Crippen LogP contribution in [0.4, 0.5) is 0 Å². The summed E-state index contributed by atoms with van der Waals surface area (Å²) in [5, 5.41) is 54.9. The molecule has 0 aromatic rings. The van der Waals surface area contributed by atoms with Crippen LogP contribution < -0.4 is 5.32 Å². The third-order valence-corrected chi connectivity index (χ3v) is 18.5. The van der Waals surface area contributed by atoms with Crippen LogP contribution in [0.25, 0.3) is 0 Å². The first-order valence-corrected chi connectivity index (χ1v) is 39.3. The fourth-order valence-corrected chi connectivity index (χ4v) is 12.4. The molecule has 7 atom stereocenters. The molecule has 1 aliphatic rings. The lowest BCUT2D eigenvalue weighted by Gasteiger charge is -2.40. The van der Waals surface area contributed by atoms with Crippen LogP contribution in [0.3, 0.4) is 0 Å². The maximum absolute atomic E-state index is 13.2. The summed E-state index contributed by atoms with van der Waals surface area (Å²) in [6.45, 7) is 3.71. The van der Waals surface area contributed by atoms with Crippen LogP contribution >= 0.6 is 0 Å². The zero-order valence-electron chi connectivity index (χ0n) is 59.6. The SMILES string of the molecule is CC/C=C\C/C=C\C/C=C\C/C=C\C/C=C\C/C=C\CCCCCCCCCCCCCCCCCCCCCCC(=O)NC(COC1OC(CO)C(O)C(O)C1O)C(O)/C=C/CCCCCCCCCCCCCCCCCCCCCCCCCCCCC. The molecule has 0 aromatic carbocycles. The number of hydrogen-bond acceptors (Lipinski definition) is 8. The number of nitrogens with one attached hydrogen (secondary N) is 1. The molecule has 0 radical (unpaired) electrons. The zero-order valence-corrected chi connectivity index (χ0v) is 59.6. The number of unbranched alkanes of at least 4 members (excludes halogenated alkanes) is 47. The van der Waals surface area contributed by atoms with Gasteiger partial charge in [-0.2, -0.15) is 0 Å². The van der Waals surface area contributed by atoms with Crippen molar-refractivity contribution in [3.63, 3.8) is 0 Å². The van der Waals surface area contributed by atoms with Gasteiger partial charge in [0, 0.05) is 6.42 Å². The van der Waals surface area contributed by atoms with Crippen LogP contribution in [0, 0.1) is 0 Å². The van der Waals surface area contributed by atoms with Gasteiger partial charge in [-0.25, -0.2) is 0 Å². The Morgan fingerprint density at radius 3 is 1.01 bits per heavy atom. The highest BCUT2D eigenvalue weighted by Crippen LogP contribution is 2.24. The minimum atomic E-state index is -1.57. The second-order valence-corrected chi connectivity index (χ2v) is 27.1. The first-order valence-electron chi connectivity index (χ1n) is 39.3. The van der Waals surface area contributed by atoms with Gasteiger partial charge in [0.15, 0.2) is 6.29 Å². The van der Waals surface area contributed by atoms with Gasteiger partial charge < -0.3 is 40.3 Å². The van der Waals surface area contributed by atoms with Gasteiger partial charge in [0.05, 0.1) is 25.4 Å². The Morgan fingerprint density at radius 2 is 0.681 bits per heavy atom. The van der Waals surface area contributed by atoms with Gasteiger partial charge in [-0.05, 0) is 70.6 Å². The lowest BCUT2D eigenvalue weighted by molar-refractivity contribution is -0.302. The Kier molecular flexibility index (Phi) is 66.6. The van der Waals surface area contributed by atoms with Gasteiger partial charge in [0.25, 0.3) is 0 Å². The van der Waals surface area contributed by atoms with Crippen molar-refractivity contribution in [1.82, 2.24) is 5.32 Å².